The minimum Gasteiger partial charge on any atom is -0.463 e. The van der Waals surface area contributed by atoms with Crippen LogP contribution in [0, 0.1) is 6.92 Å². The highest BCUT2D eigenvalue weighted by Gasteiger charge is 2.08. The number of hydrogen-bond donors (Lipinski definition) is 2. The number of nitrogens with zero attached hydrogens (tertiary/aromatic N) is 1. The minimum absolute atomic E-state index is 0.152. The van der Waals surface area contributed by atoms with Crippen LogP contribution in [0.5, 0.6) is 0 Å². The topological polar surface area (TPSA) is 101 Å². The van der Waals surface area contributed by atoms with Crippen LogP contribution in [0.25, 0.3) is 11.0 Å². The quantitative estimate of drug-likeness (QED) is 0.510. The predicted octanol–water partition coefficient (Wildman–Crippen LogP) is 2.63. The molecule has 1 heterocycles. The molecule has 0 atom stereocenters. The number of hydrazone groups is 1. The summed E-state index contributed by atoms with van der Waals surface area (Å²) in [5, 5.41) is 6.95. The monoisotopic (exact) mass is 397 g/mol. The van der Waals surface area contributed by atoms with Crippen molar-refractivity contribution < 1.29 is 14.0 Å². The standard InChI is InChI=1S/C20H16ClN3O4/c1-12-3-2-4-13(7-12)20(27)22-10-18(25)24-23-9-14-11-28-17-6-5-15(21)8-16(17)19(14)26/h2-9,11H,10H2,1H3,(H,22,27)(H,24,25). The van der Waals surface area contributed by atoms with Crippen LogP contribution in [-0.4, -0.2) is 24.6 Å². The van der Waals surface area contributed by atoms with Gasteiger partial charge in [-0.05, 0) is 37.3 Å². The third-order valence-electron chi connectivity index (χ3n) is 3.84. The summed E-state index contributed by atoms with van der Waals surface area (Å²) in [6.45, 7) is 1.61. The number of benzene rings is 2. The van der Waals surface area contributed by atoms with E-state index in [4.69, 9.17) is 16.0 Å². The Kier molecular flexibility index (Phi) is 5.86. The van der Waals surface area contributed by atoms with Crippen LogP contribution in [0.2, 0.25) is 5.02 Å². The van der Waals surface area contributed by atoms with Crippen LogP contribution >= 0.6 is 11.6 Å². The molecule has 0 aliphatic heterocycles. The fourth-order valence-electron chi connectivity index (χ4n) is 2.47. The summed E-state index contributed by atoms with van der Waals surface area (Å²) in [6, 6.07) is 11.7. The Hall–Kier alpha value is -3.45. The van der Waals surface area contributed by atoms with Crippen LogP contribution in [-0.2, 0) is 4.79 Å². The van der Waals surface area contributed by atoms with Gasteiger partial charge in [0.2, 0.25) is 5.43 Å². The molecule has 0 unspecified atom stereocenters. The number of aryl methyl sites for hydroxylation is 1. The third-order valence-corrected chi connectivity index (χ3v) is 4.08. The first-order valence-corrected chi connectivity index (χ1v) is 8.69. The molecular formula is C20H16ClN3O4. The van der Waals surface area contributed by atoms with Crippen LogP contribution < -0.4 is 16.2 Å². The van der Waals surface area contributed by atoms with E-state index < -0.39 is 5.91 Å². The zero-order valence-corrected chi connectivity index (χ0v) is 15.6. The van der Waals surface area contributed by atoms with E-state index in [0.717, 1.165) is 5.56 Å². The lowest BCUT2D eigenvalue weighted by Crippen LogP contribution is -2.35. The second-order valence-electron chi connectivity index (χ2n) is 6.01. The Labute approximate surface area is 165 Å². The maximum Gasteiger partial charge on any atom is 0.259 e. The fraction of sp³-hybridized carbons (Fsp3) is 0.100. The highest BCUT2D eigenvalue weighted by Crippen LogP contribution is 2.16. The molecule has 0 fully saturated rings. The first-order valence-electron chi connectivity index (χ1n) is 8.32. The fourth-order valence-corrected chi connectivity index (χ4v) is 2.64. The van der Waals surface area contributed by atoms with Gasteiger partial charge < -0.3 is 9.73 Å². The van der Waals surface area contributed by atoms with E-state index in [1.165, 1.54) is 18.5 Å². The van der Waals surface area contributed by atoms with E-state index in [2.05, 4.69) is 15.8 Å². The highest BCUT2D eigenvalue weighted by atomic mass is 35.5. The summed E-state index contributed by atoms with van der Waals surface area (Å²) in [4.78, 5) is 36.2. The number of amides is 2. The van der Waals surface area contributed by atoms with Crippen LogP contribution in [0.4, 0.5) is 0 Å². The van der Waals surface area contributed by atoms with E-state index in [-0.39, 0.29) is 23.4 Å². The van der Waals surface area contributed by atoms with E-state index in [0.29, 0.717) is 21.6 Å². The molecule has 3 rings (SSSR count). The van der Waals surface area contributed by atoms with Gasteiger partial charge in [-0.3, -0.25) is 14.4 Å². The van der Waals surface area contributed by atoms with Gasteiger partial charge in [0, 0.05) is 10.6 Å². The molecule has 7 nitrogen and oxygen atoms in total. The largest absolute Gasteiger partial charge is 0.463 e. The van der Waals surface area contributed by atoms with Gasteiger partial charge in [0.05, 0.1) is 23.7 Å². The second-order valence-corrected chi connectivity index (χ2v) is 6.44. The molecule has 2 amide bonds. The van der Waals surface area contributed by atoms with E-state index in [1.807, 2.05) is 13.0 Å². The Morgan fingerprint density at radius 1 is 1.21 bits per heavy atom. The number of hydrogen-bond acceptors (Lipinski definition) is 5. The number of carbonyl (C=O) groups is 2. The van der Waals surface area contributed by atoms with E-state index in [9.17, 15) is 14.4 Å². The second kappa shape index (κ2) is 8.49. The van der Waals surface area contributed by atoms with Crippen molar-refractivity contribution in [3.63, 3.8) is 0 Å². The molecule has 3 aromatic rings. The van der Waals surface area contributed by atoms with Gasteiger partial charge in [0.15, 0.2) is 0 Å². The first-order chi connectivity index (χ1) is 13.4. The lowest BCUT2D eigenvalue weighted by Gasteiger charge is -2.05. The SMILES string of the molecule is Cc1cccc(C(=O)NCC(=O)NN=Cc2coc3ccc(Cl)cc3c2=O)c1. The molecule has 0 aliphatic rings. The molecule has 1 aromatic heterocycles. The van der Waals surface area contributed by atoms with Crippen molar-refractivity contribution in [2.24, 2.45) is 5.10 Å². The van der Waals surface area contributed by atoms with Crippen molar-refractivity contribution in [1.29, 1.82) is 0 Å². The van der Waals surface area contributed by atoms with Crippen LogP contribution in [0.3, 0.4) is 0 Å². The molecule has 0 aliphatic carbocycles. The van der Waals surface area contributed by atoms with Gasteiger partial charge in [0.25, 0.3) is 11.8 Å². The first kappa shape index (κ1) is 19.3. The van der Waals surface area contributed by atoms with Gasteiger partial charge >= 0.3 is 0 Å². The number of fused-ring (bicyclic) bond motifs is 1. The molecule has 2 N–H and O–H groups in total. The van der Waals surface area contributed by atoms with Crippen molar-refractivity contribution in [3.8, 4) is 0 Å². The van der Waals surface area contributed by atoms with Gasteiger partial charge in [0.1, 0.15) is 11.8 Å². The molecular weight excluding hydrogens is 382 g/mol. The molecule has 0 radical (unpaired) electrons. The average Bonchev–Trinajstić information content (AvgIpc) is 2.68. The predicted molar refractivity (Wildman–Crippen MR) is 107 cm³/mol. The van der Waals surface area contributed by atoms with Crippen molar-refractivity contribution in [2.45, 2.75) is 6.92 Å². The lowest BCUT2D eigenvalue weighted by molar-refractivity contribution is -0.120. The summed E-state index contributed by atoms with van der Waals surface area (Å²) >= 11 is 5.90. The molecule has 2 aromatic carbocycles. The Morgan fingerprint density at radius 2 is 2.04 bits per heavy atom. The summed E-state index contributed by atoms with van der Waals surface area (Å²) in [5.74, 6) is -0.902. The van der Waals surface area contributed by atoms with Crippen LogP contribution in [0.15, 0.2) is 63.0 Å². The van der Waals surface area contributed by atoms with Gasteiger partial charge in [-0.1, -0.05) is 29.3 Å². The molecule has 0 saturated heterocycles. The van der Waals surface area contributed by atoms with Crippen molar-refractivity contribution >= 4 is 40.6 Å². The summed E-state index contributed by atoms with van der Waals surface area (Å²) in [5.41, 5.74) is 3.87. The Bertz CT molecular complexity index is 1140. The third kappa shape index (κ3) is 4.63. The molecule has 0 spiro atoms. The molecule has 8 heteroatoms. The zero-order chi connectivity index (χ0) is 20.1. The number of halogens is 1. The number of carbonyl (C=O) groups excluding carboxylic acids is 2. The highest BCUT2D eigenvalue weighted by molar-refractivity contribution is 6.31. The summed E-state index contributed by atoms with van der Waals surface area (Å²) in [7, 11) is 0. The van der Waals surface area contributed by atoms with Crippen molar-refractivity contribution in [2.75, 3.05) is 6.54 Å². The molecule has 28 heavy (non-hydrogen) atoms. The Morgan fingerprint density at radius 3 is 2.82 bits per heavy atom. The molecule has 0 saturated carbocycles. The average molecular weight is 398 g/mol. The van der Waals surface area contributed by atoms with Crippen molar-refractivity contribution in [1.82, 2.24) is 10.7 Å². The smallest absolute Gasteiger partial charge is 0.259 e. The maximum atomic E-state index is 12.4. The van der Waals surface area contributed by atoms with Gasteiger partial charge in [-0.15, -0.1) is 0 Å². The zero-order valence-electron chi connectivity index (χ0n) is 14.9. The van der Waals surface area contributed by atoms with Gasteiger partial charge in [-0.25, -0.2) is 5.43 Å². The lowest BCUT2D eigenvalue weighted by atomic mass is 10.1. The van der Waals surface area contributed by atoms with Crippen LogP contribution in [0.1, 0.15) is 21.5 Å². The van der Waals surface area contributed by atoms with E-state index in [1.54, 1.807) is 30.3 Å². The maximum absolute atomic E-state index is 12.4. The normalized spacial score (nSPS) is 10.9. The Balaban J connectivity index is 1.59. The van der Waals surface area contributed by atoms with Gasteiger partial charge in [-0.2, -0.15) is 5.10 Å². The number of rotatable bonds is 5. The minimum atomic E-state index is -0.537. The van der Waals surface area contributed by atoms with Crippen molar-refractivity contribution in [3.05, 3.63) is 80.7 Å². The van der Waals surface area contributed by atoms with E-state index >= 15 is 0 Å². The summed E-state index contributed by atoms with van der Waals surface area (Å²) in [6.07, 6.45) is 2.42. The molecule has 0 bridgehead atoms. The number of nitrogens with one attached hydrogen (secondary N) is 2. The summed E-state index contributed by atoms with van der Waals surface area (Å²) < 4.78 is 5.35. The molecule has 142 valence electrons.